The molecular formula is C21H26N2O5. The first-order valence-electron chi connectivity index (χ1n) is 8.81. The minimum absolute atomic E-state index is 0.0266. The molecule has 0 saturated heterocycles. The summed E-state index contributed by atoms with van der Waals surface area (Å²) in [7, 11) is 6.39. The van der Waals surface area contributed by atoms with E-state index in [2.05, 4.69) is 0 Å². The van der Waals surface area contributed by atoms with Crippen molar-refractivity contribution in [2.75, 3.05) is 28.4 Å². The van der Waals surface area contributed by atoms with Crippen LogP contribution in [0.3, 0.4) is 0 Å². The van der Waals surface area contributed by atoms with Gasteiger partial charge in [0.1, 0.15) is 0 Å². The summed E-state index contributed by atoms with van der Waals surface area (Å²) in [6.07, 6.45) is 0.797. The number of benzene rings is 2. The Morgan fingerprint density at radius 1 is 1.00 bits per heavy atom. The number of ether oxygens (including phenoxy) is 3. The highest BCUT2D eigenvalue weighted by Gasteiger charge is 2.17. The van der Waals surface area contributed by atoms with Gasteiger partial charge in [-0.3, -0.25) is 9.59 Å². The molecule has 28 heavy (non-hydrogen) atoms. The van der Waals surface area contributed by atoms with Gasteiger partial charge in [-0.25, -0.2) is 0 Å². The molecule has 150 valence electrons. The van der Waals surface area contributed by atoms with Gasteiger partial charge in [0, 0.05) is 25.6 Å². The maximum absolute atomic E-state index is 12.6. The molecule has 0 aliphatic rings. The molecule has 2 N–H and O–H groups in total. The van der Waals surface area contributed by atoms with E-state index in [1.807, 2.05) is 12.1 Å². The van der Waals surface area contributed by atoms with Crippen molar-refractivity contribution < 1.29 is 23.8 Å². The van der Waals surface area contributed by atoms with Gasteiger partial charge >= 0.3 is 0 Å². The average molecular weight is 386 g/mol. The number of hydrogen-bond donors (Lipinski definition) is 1. The summed E-state index contributed by atoms with van der Waals surface area (Å²) in [4.78, 5) is 25.5. The fourth-order valence-electron chi connectivity index (χ4n) is 2.98. The van der Waals surface area contributed by atoms with E-state index in [1.165, 1.54) is 0 Å². The number of aryl methyl sites for hydroxylation is 1. The SMILES string of the molecule is COc1ccc(CCC(=O)N(C)Cc2cccc(C(N)=O)c2)c(OC)c1OC. The first kappa shape index (κ1) is 21.1. The van der Waals surface area contributed by atoms with Gasteiger partial charge < -0.3 is 24.8 Å². The second-order valence-corrected chi connectivity index (χ2v) is 6.31. The Kier molecular flexibility index (Phi) is 7.26. The zero-order valence-electron chi connectivity index (χ0n) is 16.7. The lowest BCUT2D eigenvalue weighted by atomic mass is 10.1. The highest BCUT2D eigenvalue weighted by Crippen LogP contribution is 2.40. The third-order valence-corrected chi connectivity index (χ3v) is 4.45. The maximum Gasteiger partial charge on any atom is 0.248 e. The molecule has 0 heterocycles. The van der Waals surface area contributed by atoms with Crippen LogP contribution in [-0.4, -0.2) is 45.1 Å². The van der Waals surface area contributed by atoms with Gasteiger partial charge in [0.05, 0.1) is 21.3 Å². The molecule has 2 aromatic carbocycles. The van der Waals surface area contributed by atoms with Gasteiger partial charge in [-0.15, -0.1) is 0 Å². The minimum Gasteiger partial charge on any atom is -0.493 e. The lowest BCUT2D eigenvalue weighted by Crippen LogP contribution is -2.26. The molecule has 0 fully saturated rings. The van der Waals surface area contributed by atoms with Crippen molar-refractivity contribution in [1.82, 2.24) is 4.90 Å². The third-order valence-electron chi connectivity index (χ3n) is 4.45. The molecule has 0 aromatic heterocycles. The Hall–Kier alpha value is -3.22. The number of nitrogens with zero attached hydrogens (tertiary/aromatic N) is 1. The van der Waals surface area contributed by atoms with Crippen LogP contribution >= 0.6 is 0 Å². The standard InChI is InChI=1S/C21H26N2O5/c1-23(13-14-6-5-7-16(12-14)21(22)25)18(24)11-9-15-8-10-17(26-2)20(28-4)19(15)27-3/h5-8,10,12H,9,11,13H2,1-4H3,(H2,22,25). The van der Waals surface area contributed by atoms with Crippen LogP contribution in [0.1, 0.15) is 27.9 Å². The summed E-state index contributed by atoms with van der Waals surface area (Å²) in [5.74, 6) is 1.12. The van der Waals surface area contributed by atoms with E-state index >= 15 is 0 Å². The second-order valence-electron chi connectivity index (χ2n) is 6.31. The fraction of sp³-hybridized carbons (Fsp3) is 0.333. The van der Waals surface area contributed by atoms with E-state index in [0.29, 0.717) is 42.2 Å². The largest absolute Gasteiger partial charge is 0.493 e. The number of carbonyl (C=O) groups excluding carboxylic acids is 2. The number of nitrogens with two attached hydrogens (primary N) is 1. The maximum atomic E-state index is 12.6. The van der Waals surface area contributed by atoms with Gasteiger partial charge in [-0.05, 0) is 35.7 Å². The number of amides is 2. The Morgan fingerprint density at radius 3 is 2.32 bits per heavy atom. The van der Waals surface area contributed by atoms with Crippen molar-refractivity contribution in [1.29, 1.82) is 0 Å². The fourth-order valence-corrected chi connectivity index (χ4v) is 2.98. The normalized spacial score (nSPS) is 10.3. The van der Waals surface area contributed by atoms with E-state index < -0.39 is 5.91 Å². The first-order valence-corrected chi connectivity index (χ1v) is 8.81. The van der Waals surface area contributed by atoms with Crippen LogP contribution in [0, 0.1) is 0 Å². The number of primary amides is 1. The van der Waals surface area contributed by atoms with Crippen molar-refractivity contribution in [2.45, 2.75) is 19.4 Å². The van der Waals surface area contributed by atoms with Gasteiger partial charge in [0.2, 0.25) is 17.6 Å². The number of methoxy groups -OCH3 is 3. The zero-order valence-corrected chi connectivity index (χ0v) is 16.7. The molecule has 0 aliphatic heterocycles. The van der Waals surface area contributed by atoms with Crippen molar-refractivity contribution in [3.63, 3.8) is 0 Å². The van der Waals surface area contributed by atoms with Gasteiger partial charge in [0.15, 0.2) is 11.5 Å². The van der Waals surface area contributed by atoms with Crippen LogP contribution in [0.25, 0.3) is 0 Å². The molecule has 0 radical (unpaired) electrons. The number of rotatable bonds is 9. The topological polar surface area (TPSA) is 91.1 Å². The predicted octanol–water partition coefficient (Wildman–Crippen LogP) is 2.40. The van der Waals surface area contributed by atoms with E-state index in [9.17, 15) is 9.59 Å². The molecule has 2 aromatic rings. The molecule has 7 heteroatoms. The highest BCUT2D eigenvalue weighted by molar-refractivity contribution is 5.92. The Labute approximate surface area is 165 Å². The summed E-state index contributed by atoms with van der Waals surface area (Å²) in [6.45, 7) is 0.392. The Morgan fingerprint density at radius 2 is 1.71 bits per heavy atom. The molecule has 2 rings (SSSR count). The van der Waals surface area contributed by atoms with E-state index in [4.69, 9.17) is 19.9 Å². The quantitative estimate of drug-likeness (QED) is 0.715. The first-order chi connectivity index (χ1) is 13.4. The molecule has 7 nitrogen and oxygen atoms in total. The summed E-state index contributed by atoms with van der Waals surface area (Å²) in [5.41, 5.74) is 7.43. The zero-order chi connectivity index (χ0) is 20.7. The van der Waals surface area contributed by atoms with Crippen LogP contribution in [0.4, 0.5) is 0 Å². The molecule has 0 spiro atoms. The van der Waals surface area contributed by atoms with Crippen molar-refractivity contribution in [2.24, 2.45) is 5.73 Å². The summed E-state index contributed by atoms with van der Waals surface area (Å²) < 4.78 is 16.1. The predicted molar refractivity (Wildman–Crippen MR) is 106 cm³/mol. The molecule has 0 saturated carbocycles. The monoisotopic (exact) mass is 386 g/mol. The molecular weight excluding hydrogens is 360 g/mol. The lowest BCUT2D eigenvalue weighted by molar-refractivity contribution is -0.130. The van der Waals surface area contributed by atoms with E-state index in [0.717, 1.165) is 11.1 Å². The van der Waals surface area contributed by atoms with Crippen molar-refractivity contribution in [3.8, 4) is 17.2 Å². The van der Waals surface area contributed by atoms with Crippen LogP contribution in [-0.2, 0) is 17.8 Å². The number of carbonyl (C=O) groups is 2. The molecule has 2 amide bonds. The van der Waals surface area contributed by atoms with Crippen molar-refractivity contribution >= 4 is 11.8 Å². The third kappa shape index (κ3) is 4.94. The van der Waals surface area contributed by atoms with Crippen LogP contribution < -0.4 is 19.9 Å². The van der Waals surface area contributed by atoms with Crippen molar-refractivity contribution in [3.05, 3.63) is 53.1 Å². The second kappa shape index (κ2) is 9.64. The Bertz CT molecular complexity index is 851. The summed E-state index contributed by atoms with van der Waals surface area (Å²) in [5, 5.41) is 0. The smallest absolute Gasteiger partial charge is 0.248 e. The lowest BCUT2D eigenvalue weighted by Gasteiger charge is -2.19. The van der Waals surface area contributed by atoms with E-state index in [-0.39, 0.29) is 5.91 Å². The molecule has 0 unspecified atom stereocenters. The minimum atomic E-state index is -0.489. The summed E-state index contributed by atoms with van der Waals surface area (Å²) in [6, 6.07) is 10.6. The van der Waals surface area contributed by atoms with Crippen LogP contribution in [0.2, 0.25) is 0 Å². The molecule has 0 bridgehead atoms. The van der Waals surface area contributed by atoms with Crippen LogP contribution in [0.15, 0.2) is 36.4 Å². The number of hydrogen-bond acceptors (Lipinski definition) is 5. The van der Waals surface area contributed by atoms with Crippen LogP contribution in [0.5, 0.6) is 17.2 Å². The molecule has 0 aliphatic carbocycles. The van der Waals surface area contributed by atoms with Gasteiger partial charge in [-0.2, -0.15) is 0 Å². The van der Waals surface area contributed by atoms with Gasteiger partial charge in [-0.1, -0.05) is 18.2 Å². The van der Waals surface area contributed by atoms with E-state index in [1.54, 1.807) is 57.5 Å². The average Bonchev–Trinajstić information content (AvgIpc) is 2.70. The van der Waals surface area contributed by atoms with Gasteiger partial charge in [0.25, 0.3) is 0 Å². The highest BCUT2D eigenvalue weighted by atomic mass is 16.5. The Balaban J connectivity index is 2.05. The summed E-state index contributed by atoms with van der Waals surface area (Å²) >= 11 is 0. The molecule has 0 atom stereocenters.